The minimum atomic E-state index is -0.612. The number of hydrogen-bond donors (Lipinski definition) is 0. The Kier molecular flexibility index (Phi) is 4.57. The van der Waals surface area contributed by atoms with Crippen LogP contribution < -0.4 is 4.90 Å². The number of nitrogens with zero attached hydrogens (tertiary/aromatic N) is 3. The molecule has 6 nitrogen and oxygen atoms in total. The van der Waals surface area contributed by atoms with E-state index in [1.165, 1.54) is 22.3 Å². The number of hydrogen-bond acceptors (Lipinski definition) is 3. The Balaban J connectivity index is 1.29. The Morgan fingerprint density at radius 3 is 2.33 bits per heavy atom. The molecular formula is C24H25N3O3. The number of fused-ring (bicyclic) bond motifs is 3. The van der Waals surface area contributed by atoms with Crippen LogP contribution in [0, 0.1) is 5.92 Å². The maximum atomic E-state index is 13.1. The fourth-order valence-corrected chi connectivity index (χ4v) is 4.93. The van der Waals surface area contributed by atoms with Gasteiger partial charge in [0.1, 0.15) is 5.92 Å². The van der Waals surface area contributed by atoms with Crippen molar-refractivity contribution in [2.24, 2.45) is 5.92 Å². The number of rotatable bonds is 2. The third-order valence-electron chi connectivity index (χ3n) is 6.63. The quantitative estimate of drug-likeness (QED) is 0.617. The predicted molar refractivity (Wildman–Crippen MR) is 114 cm³/mol. The van der Waals surface area contributed by atoms with E-state index in [9.17, 15) is 14.4 Å². The van der Waals surface area contributed by atoms with Crippen molar-refractivity contribution in [3.8, 4) is 11.1 Å². The molecule has 1 aliphatic carbocycles. The van der Waals surface area contributed by atoms with Crippen molar-refractivity contribution >= 4 is 23.4 Å². The lowest BCUT2D eigenvalue weighted by molar-refractivity contribution is -0.144. The molecule has 0 bridgehead atoms. The highest BCUT2D eigenvalue weighted by Gasteiger charge is 2.40. The van der Waals surface area contributed by atoms with Gasteiger partial charge in [0.2, 0.25) is 17.7 Å². The predicted octanol–water partition coefficient (Wildman–Crippen LogP) is 2.30. The van der Waals surface area contributed by atoms with Crippen LogP contribution in [0.5, 0.6) is 0 Å². The zero-order chi connectivity index (χ0) is 20.8. The van der Waals surface area contributed by atoms with Crippen molar-refractivity contribution < 1.29 is 14.4 Å². The zero-order valence-electron chi connectivity index (χ0n) is 17.1. The monoisotopic (exact) mass is 403 g/mol. The van der Waals surface area contributed by atoms with Gasteiger partial charge < -0.3 is 14.7 Å². The summed E-state index contributed by atoms with van der Waals surface area (Å²) in [6.45, 7) is 4.19. The first-order chi connectivity index (χ1) is 14.5. The second-order valence-corrected chi connectivity index (χ2v) is 8.34. The van der Waals surface area contributed by atoms with Crippen LogP contribution in [-0.2, 0) is 20.8 Å². The number of anilines is 1. The van der Waals surface area contributed by atoms with Gasteiger partial charge in [-0.3, -0.25) is 14.4 Å². The lowest BCUT2D eigenvalue weighted by Crippen LogP contribution is -2.52. The second-order valence-electron chi connectivity index (χ2n) is 8.34. The first kappa shape index (κ1) is 18.9. The van der Waals surface area contributed by atoms with E-state index >= 15 is 0 Å². The van der Waals surface area contributed by atoms with Gasteiger partial charge in [-0.1, -0.05) is 30.3 Å². The highest BCUT2D eigenvalue weighted by atomic mass is 16.2. The molecule has 1 unspecified atom stereocenters. The molecule has 0 spiro atoms. The van der Waals surface area contributed by atoms with Crippen molar-refractivity contribution in [2.75, 3.05) is 37.6 Å². The summed E-state index contributed by atoms with van der Waals surface area (Å²) in [5.74, 6) is -0.785. The van der Waals surface area contributed by atoms with Crippen LogP contribution in [0.3, 0.4) is 0 Å². The second kappa shape index (κ2) is 7.27. The van der Waals surface area contributed by atoms with E-state index in [4.69, 9.17) is 0 Å². The number of carbonyl (C=O) groups is 3. The van der Waals surface area contributed by atoms with Crippen molar-refractivity contribution in [3.05, 3.63) is 53.6 Å². The van der Waals surface area contributed by atoms with Crippen LogP contribution in [0.1, 0.15) is 24.5 Å². The molecule has 154 valence electrons. The van der Waals surface area contributed by atoms with E-state index < -0.39 is 5.92 Å². The Morgan fingerprint density at radius 2 is 1.57 bits per heavy atom. The molecule has 3 aliphatic rings. The summed E-state index contributed by atoms with van der Waals surface area (Å²) in [5.41, 5.74) is 5.93. The first-order valence-electron chi connectivity index (χ1n) is 10.6. The van der Waals surface area contributed by atoms with E-state index in [0.29, 0.717) is 39.1 Å². The summed E-state index contributed by atoms with van der Waals surface area (Å²) in [6.07, 6.45) is 1.42. The molecule has 0 saturated carbocycles. The van der Waals surface area contributed by atoms with Gasteiger partial charge in [0.15, 0.2) is 0 Å². The number of amides is 3. The molecule has 2 heterocycles. The SMILES string of the molecule is CC(=O)N1CCN(C(=O)C2CCN(c3ccc4c(c3)Cc3ccccc3-4)C2=O)CC1. The minimum Gasteiger partial charge on any atom is -0.339 e. The molecule has 0 N–H and O–H groups in total. The van der Waals surface area contributed by atoms with Gasteiger partial charge in [0.25, 0.3) is 0 Å². The number of piperazine rings is 1. The topological polar surface area (TPSA) is 60.9 Å². The summed E-state index contributed by atoms with van der Waals surface area (Å²) < 4.78 is 0. The van der Waals surface area contributed by atoms with Gasteiger partial charge >= 0.3 is 0 Å². The normalized spacial score (nSPS) is 20.4. The highest BCUT2D eigenvalue weighted by Crippen LogP contribution is 2.39. The van der Waals surface area contributed by atoms with Crippen LogP contribution in [0.2, 0.25) is 0 Å². The molecule has 2 saturated heterocycles. The van der Waals surface area contributed by atoms with Gasteiger partial charge in [0, 0.05) is 45.3 Å². The molecule has 30 heavy (non-hydrogen) atoms. The van der Waals surface area contributed by atoms with E-state index in [-0.39, 0.29) is 17.7 Å². The molecule has 2 fully saturated rings. The van der Waals surface area contributed by atoms with Crippen LogP contribution in [0.25, 0.3) is 11.1 Å². The lowest BCUT2D eigenvalue weighted by Gasteiger charge is -2.35. The maximum absolute atomic E-state index is 13.1. The van der Waals surface area contributed by atoms with Crippen LogP contribution in [-0.4, -0.2) is 60.2 Å². The van der Waals surface area contributed by atoms with E-state index in [1.54, 1.807) is 21.6 Å². The summed E-state index contributed by atoms with van der Waals surface area (Å²) in [6, 6.07) is 14.6. The largest absolute Gasteiger partial charge is 0.339 e. The molecule has 5 rings (SSSR count). The van der Waals surface area contributed by atoms with E-state index in [0.717, 1.165) is 12.1 Å². The van der Waals surface area contributed by atoms with Gasteiger partial charge in [0.05, 0.1) is 0 Å². The third-order valence-corrected chi connectivity index (χ3v) is 6.63. The molecule has 2 aliphatic heterocycles. The molecule has 2 aromatic rings. The van der Waals surface area contributed by atoms with Crippen molar-refractivity contribution in [2.45, 2.75) is 19.8 Å². The summed E-state index contributed by atoms with van der Waals surface area (Å²) in [4.78, 5) is 42.8. The average Bonchev–Trinajstić information content (AvgIpc) is 3.33. The molecule has 1 atom stereocenters. The highest BCUT2D eigenvalue weighted by molar-refractivity contribution is 6.09. The molecule has 0 radical (unpaired) electrons. The lowest BCUT2D eigenvalue weighted by atomic mass is 10.0. The van der Waals surface area contributed by atoms with Crippen LogP contribution >= 0.6 is 0 Å². The zero-order valence-corrected chi connectivity index (χ0v) is 17.1. The Morgan fingerprint density at radius 1 is 0.867 bits per heavy atom. The average molecular weight is 403 g/mol. The molecule has 6 heteroatoms. The Hall–Kier alpha value is -3.15. The van der Waals surface area contributed by atoms with Crippen molar-refractivity contribution in [1.82, 2.24) is 9.80 Å². The van der Waals surface area contributed by atoms with Gasteiger partial charge in [-0.05, 0) is 47.2 Å². The number of carbonyl (C=O) groups excluding carboxylic acids is 3. The maximum Gasteiger partial charge on any atom is 0.239 e. The number of benzene rings is 2. The van der Waals surface area contributed by atoms with E-state index in [1.807, 2.05) is 6.07 Å². The molecule has 3 amide bonds. The minimum absolute atomic E-state index is 0.0315. The Labute approximate surface area is 176 Å². The molecule has 2 aromatic carbocycles. The fourth-order valence-electron chi connectivity index (χ4n) is 4.93. The van der Waals surface area contributed by atoms with Crippen LogP contribution in [0.4, 0.5) is 5.69 Å². The summed E-state index contributed by atoms with van der Waals surface area (Å²) in [7, 11) is 0. The van der Waals surface area contributed by atoms with Gasteiger partial charge in [-0.15, -0.1) is 0 Å². The molecule has 0 aromatic heterocycles. The summed E-state index contributed by atoms with van der Waals surface area (Å²) >= 11 is 0. The standard InChI is InChI=1S/C24H25N3O3/c1-16(28)25-10-12-26(13-11-25)23(29)22-8-9-27(24(22)30)19-6-7-21-18(15-19)14-17-4-2-3-5-20(17)21/h2-7,15,22H,8-14H2,1H3. The van der Waals surface area contributed by atoms with Crippen molar-refractivity contribution in [1.29, 1.82) is 0 Å². The summed E-state index contributed by atoms with van der Waals surface area (Å²) in [5, 5.41) is 0. The fraction of sp³-hybridized carbons (Fsp3) is 0.375. The molecular weight excluding hydrogens is 378 g/mol. The van der Waals surface area contributed by atoms with Crippen molar-refractivity contribution in [3.63, 3.8) is 0 Å². The van der Waals surface area contributed by atoms with Crippen LogP contribution in [0.15, 0.2) is 42.5 Å². The smallest absolute Gasteiger partial charge is 0.239 e. The van der Waals surface area contributed by atoms with Gasteiger partial charge in [-0.2, -0.15) is 0 Å². The van der Waals surface area contributed by atoms with Gasteiger partial charge in [-0.25, -0.2) is 0 Å². The first-order valence-corrected chi connectivity index (χ1v) is 10.6. The third kappa shape index (κ3) is 3.07. The van der Waals surface area contributed by atoms with E-state index in [2.05, 4.69) is 36.4 Å². The Bertz CT molecular complexity index is 1040.